The largest absolute Gasteiger partial charge is 0.496 e. The average Bonchev–Trinajstić information content (AvgIpc) is 2.54. The molecule has 1 saturated heterocycles. The van der Waals surface area contributed by atoms with E-state index in [1.807, 2.05) is 45.0 Å². The van der Waals surface area contributed by atoms with Crippen molar-refractivity contribution in [2.75, 3.05) is 26.7 Å². The third kappa shape index (κ3) is 5.21. The number of likely N-dealkylation sites (tertiary alicyclic amines) is 1. The number of hydrogen-bond donors (Lipinski definition) is 3. The van der Waals surface area contributed by atoms with E-state index in [0.29, 0.717) is 6.54 Å². The number of nitrogens with one attached hydrogen (secondary N) is 3. The van der Waals surface area contributed by atoms with Gasteiger partial charge in [0.25, 0.3) is 5.91 Å². The lowest BCUT2D eigenvalue weighted by atomic mass is 9.80. The Morgan fingerprint density at radius 2 is 1.81 bits per heavy atom. The molecule has 1 aromatic rings. The lowest BCUT2D eigenvalue weighted by Gasteiger charge is -2.41. The second kappa shape index (κ2) is 8.08. The van der Waals surface area contributed by atoms with E-state index in [1.165, 1.54) is 4.90 Å². The zero-order valence-corrected chi connectivity index (χ0v) is 16.6. The first kappa shape index (κ1) is 20.2. The number of carbonyl (C=O) groups excluding carboxylic acids is 2. The van der Waals surface area contributed by atoms with Crippen molar-refractivity contribution in [2.45, 2.75) is 51.6 Å². The van der Waals surface area contributed by atoms with Crippen LogP contribution in [0.1, 0.15) is 46.1 Å². The molecule has 1 aliphatic rings. The molecule has 0 atom stereocenters. The lowest BCUT2D eigenvalue weighted by Crippen LogP contribution is -3.14. The molecular weight excluding hydrogens is 330 g/mol. The highest BCUT2D eigenvalue weighted by molar-refractivity contribution is 5.77. The summed E-state index contributed by atoms with van der Waals surface area (Å²) in [5, 5.41) is 6.19. The van der Waals surface area contributed by atoms with Gasteiger partial charge < -0.3 is 20.3 Å². The maximum absolute atomic E-state index is 12.2. The van der Waals surface area contributed by atoms with Crippen molar-refractivity contribution < 1.29 is 19.2 Å². The molecule has 3 N–H and O–H groups in total. The molecule has 0 saturated carbocycles. The Kier molecular flexibility index (Phi) is 6.29. The maximum Gasteiger partial charge on any atom is 0.275 e. The number of para-hydroxylation sites is 1. The van der Waals surface area contributed by atoms with Crippen LogP contribution in [0.2, 0.25) is 0 Å². The summed E-state index contributed by atoms with van der Waals surface area (Å²) in [5.41, 5.74) is 0.349. The molecule has 0 aliphatic carbocycles. The first-order valence-corrected chi connectivity index (χ1v) is 9.22. The number of amides is 2. The summed E-state index contributed by atoms with van der Waals surface area (Å²) in [7, 11) is 1.65. The minimum Gasteiger partial charge on any atom is -0.496 e. The van der Waals surface area contributed by atoms with Gasteiger partial charge in [-0.15, -0.1) is 0 Å². The molecule has 2 amide bonds. The molecule has 0 unspecified atom stereocenters. The van der Waals surface area contributed by atoms with Crippen molar-refractivity contribution in [3.05, 3.63) is 29.8 Å². The van der Waals surface area contributed by atoms with Crippen LogP contribution in [0.25, 0.3) is 0 Å². The fraction of sp³-hybridized carbons (Fsp3) is 0.600. The highest BCUT2D eigenvalue weighted by atomic mass is 16.5. The maximum atomic E-state index is 12.2. The molecule has 0 aromatic heterocycles. The Labute approximate surface area is 156 Å². The standard InChI is InChI=1S/C20H31N3O3/c1-15(24)21-20(16-8-6-7-9-17(16)26-5)10-12-23(13-11-20)14-18(25)22-19(2,3)4/h6-9H,10-14H2,1-5H3,(H,21,24)(H,22,25)/p+1. The molecule has 0 spiro atoms. The summed E-state index contributed by atoms with van der Waals surface area (Å²) in [4.78, 5) is 25.3. The summed E-state index contributed by atoms with van der Waals surface area (Å²) in [6.07, 6.45) is 1.54. The summed E-state index contributed by atoms with van der Waals surface area (Å²) < 4.78 is 5.53. The Morgan fingerprint density at radius 3 is 2.35 bits per heavy atom. The quantitative estimate of drug-likeness (QED) is 0.719. The van der Waals surface area contributed by atoms with E-state index in [9.17, 15) is 9.59 Å². The van der Waals surface area contributed by atoms with Crippen LogP contribution in [0.5, 0.6) is 5.75 Å². The van der Waals surface area contributed by atoms with Crippen LogP contribution in [0.3, 0.4) is 0 Å². The van der Waals surface area contributed by atoms with Crippen molar-refractivity contribution in [3.63, 3.8) is 0 Å². The highest BCUT2D eigenvalue weighted by Crippen LogP contribution is 2.35. The van der Waals surface area contributed by atoms with E-state index in [1.54, 1.807) is 14.0 Å². The van der Waals surface area contributed by atoms with Gasteiger partial charge in [-0.3, -0.25) is 9.59 Å². The predicted octanol–water partition coefficient (Wildman–Crippen LogP) is 0.620. The molecule has 6 nitrogen and oxygen atoms in total. The molecule has 1 heterocycles. The smallest absolute Gasteiger partial charge is 0.275 e. The highest BCUT2D eigenvalue weighted by Gasteiger charge is 2.41. The van der Waals surface area contributed by atoms with Crippen molar-refractivity contribution in [2.24, 2.45) is 0 Å². The van der Waals surface area contributed by atoms with Crippen LogP contribution >= 0.6 is 0 Å². The molecule has 2 rings (SSSR count). The van der Waals surface area contributed by atoms with Crippen LogP contribution < -0.4 is 20.3 Å². The monoisotopic (exact) mass is 362 g/mol. The van der Waals surface area contributed by atoms with E-state index in [-0.39, 0.29) is 17.4 Å². The zero-order valence-electron chi connectivity index (χ0n) is 16.6. The fourth-order valence-electron chi connectivity index (χ4n) is 3.74. The SMILES string of the molecule is COc1ccccc1C1(NC(C)=O)CC[NH+](CC(=O)NC(C)(C)C)CC1. The van der Waals surface area contributed by atoms with Crippen molar-refractivity contribution in [1.29, 1.82) is 0 Å². The Hall–Kier alpha value is -2.08. The van der Waals surface area contributed by atoms with E-state index in [4.69, 9.17) is 4.74 Å². The number of benzene rings is 1. The number of ether oxygens (including phenoxy) is 1. The number of rotatable bonds is 5. The number of methoxy groups -OCH3 is 1. The molecule has 1 aromatic carbocycles. The Morgan fingerprint density at radius 1 is 1.19 bits per heavy atom. The van der Waals surface area contributed by atoms with Gasteiger partial charge in [-0.05, 0) is 26.8 Å². The van der Waals surface area contributed by atoms with Crippen molar-refractivity contribution in [1.82, 2.24) is 10.6 Å². The fourth-order valence-corrected chi connectivity index (χ4v) is 3.74. The van der Waals surface area contributed by atoms with E-state index in [2.05, 4.69) is 10.6 Å². The molecule has 1 aliphatic heterocycles. The van der Waals surface area contributed by atoms with E-state index < -0.39 is 5.54 Å². The molecule has 26 heavy (non-hydrogen) atoms. The Balaban J connectivity index is 2.12. The van der Waals surface area contributed by atoms with Gasteiger partial charge in [0.1, 0.15) is 5.75 Å². The third-order valence-corrected chi connectivity index (χ3v) is 4.77. The number of piperidine rings is 1. The van der Waals surface area contributed by atoms with Gasteiger partial charge in [0.15, 0.2) is 6.54 Å². The van der Waals surface area contributed by atoms with Crippen LogP contribution in [-0.2, 0) is 15.1 Å². The number of hydrogen-bond acceptors (Lipinski definition) is 3. The number of quaternary nitrogens is 1. The summed E-state index contributed by atoms with van der Waals surface area (Å²) in [6, 6.07) is 7.85. The second-order valence-corrected chi connectivity index (χ2v) is 8.19. The van der Waals surface area contributed by atoms with Gasteiger partial charge >= 0.3 is 0 Å². The van der Waals surface area contributed by atoms with Crippen LogP contribution in [0.4, 0.5) is 0 Å². The minimum atomic E-state index is -0.442. The average molecular weight is 362 g/mol. The molecule has 144 valence electrons. The molecule has 0 radical (unpaired) electrons. The van der Waals surface area contributed by atoms with Crippen LogP contribution in [-0.4, -0.2) is 44.1 Å². The molecular formula is C20H32N3O3+. The van der Waals surface area contributed by atoms with Crippen LogP contribution in [0.15, 0.2) is 24.3 Å². The number of carbonyl (C=O) groups is 2. The van der Waals surface area contributed by atoms with Gasteiger partial charge in [-0.1, -0.05) is 18.2 Å². The second-order valence-electron chi connectivity index (χ2n) is 8.19. The molecule has 1 fully saturated rings. The zero-order chi connectivity index (χ0) is 19.4. The van der Waals surface area contributed by atoms with Crippen LogP contribution in [0, 0.1) is 0 Å². The lowest BCUT2D eigenvalue weighted by molar-refractivity contribution is -0.898. The van der Waals surface area contributed by atoms with Gasteiger partial charge in [-0.25, -0.2) is 0 Å². The summed E-state index contributed by atoms with van der Waals surface area (Å²) in [5.74, 6) is 0.803. The molecule has 6 heteroatoms. The van der Waals surface area contributed by atoms with Crippen molar-refractivity contribution >= 4 is 11.8 Å². The van der Waals surface area contributed by atoms with Gasteiger partial charge in [-0.2, -0.15) is 0 Å². The van der Waals surface area contributed by atoms with Crippen molar-refractivity contribution in [3.8, 4) is 5.75 Å². The molecule has 0 bridgehead atoms. The topological polar surface area (TPSA) is 71.9 Å². The predicted molar refractivity (Wildman–Crippen MR) is 101 cm³/mol. The minimum absolute atomic E-state index is 0.0511. The third-order valence-electron chi connectivity index (χ3n) is 4.77. The van der Waals surface area contributed by atoms with E-state index >= 15 is 0 Å². The van der Waals surface area contributed by atoms with Gasteiger partial charge in [0, 0.05) is 30.9 Å². The normalized spacial score (nSPS) is 23.2. The first-order valence-electron chi connectivity index (χ1n) is 9.22. The van der Waals surface area contributed by atoms with Gasteiger partial charge in [0.05, 0.1) is 25.7 Å². The summed E-state index contributed by atoms with van der Waals surface area (Å²) >= 11 is 0. The Bertz CT molecular complexity index is 644. The summed E-state index contributed by atoms with van der Waals surface area (Å²) in [6.45, 7) is 9.60. The first-order chi connectivity index (χ1) is 12.1. The van der Waals surface area contributed by atoms with Gasteiger partial charge in [0.2, 0.25) is 5.91 Å². The van der Waals surface area contributed by atoms with E-state index in [0.717, 1.165) is 37.2 Å².